The zero-order chi connectivity index (χ0) is 14.0. The van der Waals surface area contributed by atoms with Crippen molar-refractivity contribution in [2.45, 2.75) is 26.7 Å². The number of H-pyrrole nitrogens is 1. The first kappa shape index (κ1) is 13.3. The zero-order valence-corrected chi connectivity index (χ0v) is 11.7. The number of nitrogens with zero attached hydrogens (tertiary/aromatic N) is 1. The molecule has 4 heteroatoms. The van der Waals surface area contributed by atoms with Crippen LogP contribution < -0.4 is 10.3 Å². The normalized spacial score (nSPS) is 10.8. The van der Waals surface area contributed by atoms with E-state index >= 15 is 0 Å². The van der Waals surface area contributed by atoms with E-state index < -0.39 is 0 Å². The van der Waals surface area contributed by atoms with Gasteiger partial charge in [-0.1, -0.05) is 13.8 Å². The van der Waals surface area contributed by atoms with Crippen LogP contribution in [0.25, 0.3) is 11.4 Å². The molecule has 1 aromatic heterocycles. The monoisotopic (exact) mass is 258 g/mol. The number of methoxy groups -OCH3 is 1. The Morgan fingerprint density at radius 1 is 1.26 bits per heavy atom. The highest BCUT2D eigenvalue weighted by atomic mass is 16.5. The van der Waals surface area contributed by atoms with Gasteiger partial charge < -0.3 is 9.72 Å². The van der Waals surface area contributed by atoms with Crippen molar-refractivity contribution in [1.82, 2.24) is 9.97 Å². The van der Waals surface area contributed by atoms with Crippen LogP contribution in [0.5, 0.6) is 5.75 Å². The first-order chi connectivity index (χ1) is 9.01. The lowest BCUT2D eigenvalue weighted by Crippen LogP contribution is -2.11. The second-order valence-corrected chi connectivity index (χ2v) is 4.86. The molecule has 0 amide bonds. The lowest BCUT2D eigenvalue weighted by atomic mass is 10.1. The molecule has 0 saturated carbocycles. The van der Waals surface area contributed by atoms with Gasteiger partial charge >= 0.3 is 0 Å². The molecule has 1 aromatic carbocycles. The Labute approximate surface area is 112 Å². The summed E-state index contributed by atoms with van der Waals surface area (Å²) in [6.45, 7) is 6.00. The number of hydrogen-bond donors (Lipinski definition) is 1. The van der Waals surface area contributed by atoms with Gasteiger partial charge in [-0.15, -0.1) is 0 Å². The Bertz CT molecular complexity index is 645. The van der Waals surface area contributed by atoms with Gasteiger partial charge in [-0.2, -0.15) is 0 Å². The predicted octanol–water partition coefficient (Wildman–Crippen LogP) is 2.88. The third-order valence-corrected chi connectivity index (χ3v) is 3.02. The van der Waals surface area contributed by atoms with Gasteiger partial charge in [-0.05, 0) is 36.6 Å². The van der Waals surface area contributed by atoms with Gasteiger partial charge in [0.1, 0.15) is 11.6 Å². The van der Waals surface area contributed by atoms with Crippen molar-refractivity contribution in [3.63, 3.8) is 0 Å². The molecule has 2 rings (SSSR count). The Morgan fingerprint density at radius 3 is 2.58 bits per heavy atom. The summed E-state index contributed by atoms with van der Waals surface area (Å²) in [5.74, 6) is 1.65. The Hall–Kier alpha value is -2.10. The molecule has 0 atom stereocenters. The highest BCUT2D eigenvalue weighted by Gasteiger charge is 2.08. The zero-order valence-electron chi connectivity index (χ0n) is 11.7. The predicted molar refractivity (Wildman–Crippen MR) is 75.7 cm³/mol. The smallest absolute Gasteiger partial charge is 0.251 e. The molecule has 2 aromatic rings. The maximum atomic E-state index is 11.7. The summed E-state index contributed by atoms with van der Waals surface area (Å²) in [5.41, 5.74) is 2.57. The largest absolute Gasteiger partial charge is 0.496 e. The molecular formula is C15H18N2O2. The molecule has 0 aliphatic heterocycles. The van der Waals surface area contributed by atoms with Gasteiger partial charge in [-0.3, -0.25) is 4.79 Å². The molecule has 100 valence electrons. The van der Waals surface area contributed by atoms with E-state index in [0.29, 0.717) is 5.82 Å². The van der Waals surface area contributed by atoms with Crippen LogP contribution in [-0.2, 0) is 0 Å². The number of benzene rings is 1. The molecular weight excluding hydrogens is 240 g/mol. The van der Waals surface area contributed by atoms with E-state index in [1.54, 1.807) is 13.2 Å². The molecule has 0 spiro atoms. The van der Waals surface area contributed by atoms with Gasteiger partial charge in [0.25, 0.3) is 5.56 Å². The summed E-state index contributed by atoms with van der Waals surface area (Å²) < 4.78 is 5.23. The second kappa shape index (κ2) is 5.26. The van der Waals surface area contributed by atoms with E-state index in [-0.39, 0.29) is 11.5 Å². The maximum absolute atomic E-state index is 11.7. The number of aromatic nitrogens is 2. The first-order valence-corrected chi connectivity index (χ1v) is 6.27. The molecule has 0 aliphatic rings. The molecule has 1 N–H and O–H groups in total. The third-order valence-electron chi connectivity index (χ3n) is 3.02. The summed E-state index contributed by atoms with van der Waals surface area (Å²) in [6.07, 6.45) is 0. The number of hydrogen-bond acceptors (Lipinski definition) is 3. The minimum absolute atomic E-state index is 0.123. The van der Waals surface area contributed by atoms with Crippen molar-refractivity contribution < 1.29 is 4.74 Å². The van der Waals surface area contributed by atoms with E-state index in [0.717, 1.165) is 22.6 Å². The Balaban J connectivity index is 2.52. The molecule has 4 nitrogen and oxygen atoms in total. The van der Waals surface area contributed by atoms with Gasteiger partial charge in [-0.25, -0.2) is 4.98 Å². The minimum Gasteiger partial charge on any atom is -0.496 e. The van der Waals surface area contributed by atoms with Crippen molar-refractivity contribution in [3.8, 4) is 17.1 Å². The fraction of sp³-hybridized carbons (Fsp3) is 0.333. The van der Waals surface area contributed by atoms with Gasteiger partial charge in [0.15, 0.2) is 0 Å². The molecule has 0 unspecified atom stereocenters. The van der Waals surface area contributed by atoms with E-state index in [1.807, 2.05) is 39.0 Å². The van der Waals surface area contributed by atoms with Crippen LogP contribution in [0.3, 0.4) is 0 Å². The Morgan fingerprint density at radius 2 is 2.00 bits per heavy atom. The average molecular weight is 258 g/mol. The van der Waals surface area contributed by atoms with Crippen molar-refractivity contribution in [3.05, 3.63) is 45.9 Å². The topological polar surface area (TPSA) is 55.0 Å². The van der Waals surface area contributed by atoms with E-state index in [4.69, 9.17) is 4.74 Å². The third kappa shape index (κ3) is 2.84. The summed E-state index contributed by atoms with van der Waals surface area (Å²) >= 11 is 0. The highest BCUT2D eigenvalue weighted by molar-refractivity contribution is 5.58. The number of aromatic amines is 1. The maximum Gasteiger partial charge on any atom is 0.251 e. The quantitative estimate of drug-likeness (QED) is 0.921. The average Bonchev–Trinajstić information content (AvgIpc) is 2.37. The standard InChI is InChI=1S/C15H18N2O2/c1-9(2)12-8-14(18)17-15(16-12)11-5-6-13(19-4)10(3)7-11/h5-9H,1-4H3,(H,16,17,18). The van der Waals surface area contributed by atoms with Crippen molar-refractivity contribution in [1.29, 1.82) is 0 Å². The van der Waals surface area contributed by atoms with E-state index in [9.17, 15) is 4.79 Å². The molecule has 0 aliphatic carbocycles. The van der Waals surface area contributed by atoms with Crippen LogP contribution in [0.4, 0.5) is 0 Å². The minimum atomic E-state index is -0.123. The summed E-state index contributed by atoms with van der Waals surface area (Å²) in [7, 11) is 1.64. The summed E-state index contributed by atoms with van der Waals surface area (Å²) in [5, 5.41) is 0. The lowest BCUT2D eigenvalue weighted by Gasteiger charge is -2.09. The summed E-state index contributed by atoms with van der Waals surface area (Å²) in [6, 6.07) is 7.28. The van der Waals surface area contributed by atoms with Crippen molar-refractivity contribution in [2.24, 2.45) is 0 Å². The van der Waals surface area contributed by atoms with Gasteiger partial charge in [0.2, 0.25) is 0 Å². The van der Waals surface area contributed by atoms with Crippen LogP contribution in [-0.4, -0.2) is 17.1 Å². The van der Waals surface area contributed by atoms with Crippen LogP contribution in [0.15, 0.2) is 29.1 Å². The van der Waals surface area contributed by atoms with Crippen LogP contribution in [0.1, 0.15) is 31.0 Å². The van der Waals surface area contributed by atoms with Gasteiger partial charge in [0.05, 0.1) is 12.8 Å². The van der Waals surface area contributed by atoms with E-state index in [1.165, 1.54) is 0 Å². The molecule has 0 fully saturated rings. The number of nitrogens with one attached hydrogen (secondary N) is 1. The van der Waals surface area contributed by atoms with Crippen LogP contribution in [0, 0.1) is 6.92 Å². The number of aryl methyl sites for hydroxylation is 1. The second-order valence-electron chi connectivity index (χ2n) is 4.86. The summed E-state index contributed by atoms with van der Waals surface area (Å²) in [4.78, 5) is 19.0. The van der Waals surface area contributed by atoms with Crippen molar-refractivity contribution in [2.75, 3.05) is 7.11 Å². The van der Waals surface area contributed by atoms with Gasteiger partial charge in [0, 0.05) is 11.6 Å². The van der Waals surface area contributed by atoms with Crippen LogP contribution in [0.2, 0.25) is 0 Å². The van der Waals surface area contributed by atoms with E-state index in [2.05, 4.69) is 9.97 Å². The highest BCUT2D eigenvalue weighted by Crippen LogP contribution is 2.24. The molecule has 0 saturated heterocycles. The molecule has 19 heavy (non-hydrogen) atoms. The fourth-order valence-corrected chi connectivity index (χ4v) is 1.93. The SMILES string of the molecule is COc1ccc(-c2nc(C(C)C)cc(=O)[nH]2)cc1C. The Kier molecular flexibility index (Phi) is 3.69. The number of ether oxygens (including phenoxy) is 1. The van der Waals surface area contributed by atoms with Crippen molar-refractivity contribution >= 4 is 0 Å². The molecule has 0 radical (unpaired) electrons. The van der Waals surface area contributed by atoms with Crippen LogP contribution >= 0.6 is 0 Å². The molecule has 0 bridgehead atoms. The molecule has 1 heterocycles. The lowest BCUT2D eigenvalue weighted by molar-refractivity contribution is 0.412. The number of rotatable bonds is 3. The first-order valence-electron chi connectivity index (χ1n) is 6.27. The fourth-order valence-electron chi connectivity index (χ4n) is 1.93.